The van der Waals surface area contributed by atoms with Crippen LogP contribution in [-0.2, 0) is 4.79 Å². The van der Waals surface area contributed by atoms with Gasteiger partial charge in [-0.3, -0.25) is 4.79 Å². The van der Waals surface area contributed by atoms with Crippen molar-refractivity contribution in [2.45, 2.75) is 26.9 Å². The van der Waals surface area contributed by atoms with Gasteiger partial charge < -0.3 is 10.2 Å². The van der Waals surface area contributed by atoms with E-state index in [0.717, 1.165) is 5.56 Å². The molecule has 0 saturated carbocycles. The van der Waals surface area contributed by atoms with Crippen LogP contribution < -0.4 is 0 Å². The maximum atomic E-state index is 10.9. The second kappa shape index (κ2) is 4.03. The van der Waals surface area contributed by atoms with Gasteiger partial charge in [-0.25, -0.2) is 0 Å². The molecule has 0 aromatic heterocycles. The van der Waals surface area contributed by atoms with Crippen LogP contribution in [0.25, 0.3) is 0 Å². The number of aliphatic carboxylic acids is 1. The largest absolute Gasteiger partial charge is 0.481 e. The third kappa shape index (κ3) is 2.36. The molecule has 1 atom stereocenters. The number of carboxylic acids is 1. The van der Waals surface area contributed by atoms with E-state index in [1.807, 2.05) is 19.1 Å². The average Bonchev–Trinajstić information content (AvgIpc) is 2.17. The lowest BCUT2D eigenvalue weighted by atomic mass is 9.82. The van der Waals surface area contributed by atoms with Crippen molar-refractivity contribution in [3.05, 3.63) is 35.4 Å². The summed E-state index contributed by atoms with van der Waals surface area (Å²) >= 11 is 0. The summed E-state index contributed by atoms with van der Waals surface area (Å²) in [5, 5.41) is 18.9. The molecule has 0 bridgehead atoms. The molecule has 0 radical (unpaired) electrons. The van der Waals surface area contributed by atoms with Crippen LogP contribution >= 0.6 is 0 Å². The van der Waals surface area contributed by atoms with Gasteiger partial charge >= 0.3 is 5.97 Å². The molecule has 0 spiro atoms. The van der Waals surface area contributed by atoms with Crippen LogP contribution in [0.15, 0.2) is 24.3 Å². The van der Waals surface area contributed by atoms with Crippen molar-refractivity contribution in [3.8, 4) is 0 Å². The first-order valence-corrected chi connectivity index (χ1v) is 4.83. The summed E-state index contributed by atoms with van der Waals surface area (Å²) in [4.78, 5) is 10.9. The zero-order valence-corrected chi connectivity index (χ0v) is 9.19. The Morgan fingerprint density at radius 3 is 2.13 bits per heavy atom. The fraction of sp³-hybridized carbons (Fsp3) is 0.417. The third-order valence-corrected chi connectivity index (χ3v) is 2.63. The zero-order chi connectivity index (χ0) is 11.6. The smallest absolute Gasteiger partial charge is 0.312 e. The number of aryl methyl sites for hydroxylation is 1. The van der Waals surface area contributed by atoms with Gasteiger partial charge in [0.15, 0.2) is 0 Å². The van der Waals surface area contributed by atoms with Crippen LogP contribution in [0, 0.1) is 12.3 Å². The van der Waals surface area contributed by atoms with Crippen LogP contribution in [0.5, 0.6) is 0 Å². The van der Waals surface area contributed by atoms with Crippen molar-refractivity contribution in [1.29, 1.82) is 0 Å². The SMILES string of the molecule is Cc1ccc(C(O)C(C)(C)C(=O)O)cc1. The van der Waals surface area contributed by atoms with E-state index in [1.54, 1.807) is 12.1 Å². The summed E-state index contributed by atoms with van der Waals surface area (Å²) < 4.78 is 0. The Labute approximate surface area is 89.4 Å². The second-order valence-electron chi connectivity index (χ2n) is 4.34. The summed E-state index contributed by atoms with van der Waals surface area (Å²) in [5.74, 6) is -1.00. The highest BCUT2D eigenvalue weighted by molar-refractivity contribution is 5.74. The van der Waals surface area contributed by atoms with E-state index in [-0.39, 0.29) is 0 Å². The number of hydrogen-bond acceptors (Lipinski definition) is 2. The van der Waals surface area contributed by atoms with Crippen LogP contribution in [-0.4, -0.2) is 16.2 Å². The Balaban J connectivity index is 2.99. The predicted octanol–water partition coefficient (Wildman–Crippen LogP) is 2.14. The Morgan fingerprint density at radius 2 is 1.73 bits per heavy atom. The minimum atomic E-state index is -1.17. The van der Waals surface area contributed by atoms with E-state index >= 15 is 0 Å². The topological polar surface area (TPSA) is 57.5 Å². The molecule has 15 heavy (non-hydrogen) atoms. The molecule has 0 heterocycles. The lowest BCUT2D eigenvalue weighted by Crippen LogP contribution is -2.31. The van der Waals surface area contributed by atoms with Gasteiger partial charge in [-0.1, -0.05) is 29.8 Å². The van der Waals surface area contributed by atoms with Crippen molar-refractivity contribution in [1.82, 2.24) is 0 Å². The highest BCUT2D eigenvalue weighted by Gasteiger charge is 2.36. The lowest BCUT2D eigenvalue weighted by Gasteiger charge is -2.26. The van der Waals surface area contributed by atoms with Crippen LogP contribution in [0.4, 0.5) is 0 Å². The molecular formula is C12H16O3. The molecule has 3 heteroatoms. The monoisotopic (exact) mass is 208 g/mol. The Morgan fingerprint density at radius 1 is 1.27 bits per heavy atom. The molecule has 0 aliphatic rings. The van der Waals surface area contributed by atoms with Gasteiger partial charge in [0.2, 0.25) is 0 Å². The third-order valence-electron chi connectivity index (χ3n) is 2.63. The van der Waals surface area contributed by atoms with Crippen molar-refractivity contribution >= 4 is 5.97 Å². The molecule has 2 N–H and O–H groups in total. The molecule has 1 rings (SSSR count). The lowest BCUT2D eigenvalue weighted by molar-refractivity contribution is -0.153. The van der Waals surface area contributed by atoms with Crippen LogP contribution in [0.1, 0.15) is 31.1 Å². The standard InChI is InChI=1S/C12H16O3/c1-8-4-6-9(7-5-8)10(13)12(2,3)11(14)15/h4-7,10,13H,1-3H3,(H,14,15). The maximum Gasteiger partial charge on any atom is 0.312 e. The molecular weight excluding hydrogens is 192 g/mol. The molecule has 3 nitrogen and oxygen atoms in total. The molecule has 0 amide bonds. The number of aliphatic hydroxyl groups is 1. The van der Waals surface area contributed by atoms with Crippen LogP contribution in [0.2, 0.25) is 0 Å². The number of carbonyl (C=O) groups is 1. The second-order valence-corrected chi connectivity index (χ2v) is 4.34. The number of hydrogen-bond donors (Lipinski definition) is 2. The molecule has 0 aliphatic heterocycles. The Bertz CT molecular complexity index is 352. The van der Waals surface area contributed by atoms with E-state index in [0.29, 0.717) is 5.56 Å². The minimum Gasteiger partial charge on any atom is -0.481 e. The van der Waals surface area contributed by atoms with Gasteiger partial charge in [0.05, 0.1) is 11.5 Å². The van der Waals surface area contributed by atoms with E-state index in [9.17, 15) is 9.90 Å². The van der Waals surface area contributed by atoms with E-state index < -0.39 is 17.5 Å². The first-order valence-electron chi connectivity index (χ1n) is 4.83. The number of benzene rings is 1. The predicted molar refractivity (Wildman–Crippen MR) is 57.6 cm³/mol. The Hall–Kier alpha value is -1.35. The molecule has 1 unspecified atom stereocenters. The Kier molecular flexibility index (Phi) is 3.15. The summed E-state index contributed by atoms with van der Waals surface area (Å²) in [5.41, 5.74) is 0.544. The summed E-state index contributed by atoms with van der Waals surface area (Å²) in [6.45, 7) is 4.97. The number of aliphatic hydroxyl groups excluding tert-OH is 1. The minimum absolute atomic E-state index is 0.632. The van der Waals surface area contributed by atoms with Gasteiger partial charge in [0.25, 0.3) is 0 Å². The number of carboxylic acid groups (broad SMARTS) is 1. The highest BCUT2D eigenvalue weighted by atomic mass is 16.4. The van der Waals surface area contributed by atoms with Crippen molar-refractivity contribution in [3.63, 3.8) is 0 Å². The molecule has 0 aliphatic carbocycles. The fourth-order valence-electron chi connectivity index (χ4n) is 1.28. The van der Waals surface area contributed by atoms with Gasteiger partial charge in [0.1, 0.15) is 0 Å². The molecule has 0 saturated heterocycles. The molecule has 1 aromatic carbocycles. The van der Waals surface area contributed by atoms with Gasteiger partial charge in [-0.2, -0.15) is 0 Å². The maximum absolute atomic E-state index is 10.9. The normalized spacial score (nSPS) is 13.6. The average molecular weight is 208 g/mol. The van der Waals surface area contributed by atoms with Gasteiger partial charge in [-0.15, -0.1) is 0 Å². The fourth-order valence-corrected chi connectivity index (χ4v) is 1.28. The zero-order valence-electron chi connectivity index (χ0n) is 9.19. The van der Waals surface area contributed by atoms with Crippen molar-refractivity contribution in [2.24, 2.45) is 5.41 Å². The van der Waals surface area contributed by atoms with Crippen molar-refractivity contribution in [2.75, 3.05) is 0 Å². The quantitative estimate of drug-likeness (QED) is 0.800. The van der Waals surface area contributed by atoms with Crippen molar-refractivity contribution < 1.29 is 15.0 Å². The van der Waals surface area contributed by atoms with E-state index in [2.05, 4.69) is 0 Å². The number of rotatable bonds is 3. The molecule has 82 valence electrons. The molecule has 0 fully saturated rings. The van der Waals surface area contributed by atoms with E-state index in [1.165, 1.54) is 13.8 Å². The highest BCUT2D eigenvalue weighted by Crippen LogP contribution is 2.33. The first kappa shape index (κ1) is 11.7. The molecule has 1 aromatic rings. The summed E-state index contributed by atoms with van der Waals surface area (Å²) in [7, 11) is 0. The summed E-state index contributed by atoms with van der Waals surface area (Å²) in [6, 6.07) is 7.22. The van der Waals surface area contributed by atoms with Gasteiger partial charge in [-0.05, 0) is 26.3 Å². The van der Waals surface area contributed by atoms with Crippen LogP contribution in [0.3, 0.4) is 0 Å². The first-order chi connectivity index (χ1) is 6.85. The van der Waals surface area contributed by atoms with Gasteiger partial charge in [0, 0.05) is 0 Å². The summed E-state index contributed by atoms with van der Waals surface area (Å²) in [6.07, 6.45) is -0.990. The van der Waals surface area contributed by atoms with E-state index in [4.69, 9.17) is 5.11 Å².